The van der Waals surface area contributed by atoms with E-state index in [0.29, 0.717) is 10.9 Å². The molecule has 0 unspecified atom stereocenters. The van der Waals surface area contributed by atoms with Crippen LogP contribution in [0.25, 0.3) is 0 Å². The lowest BCUT2D eigenvalue weighted by molar-refractivity contribution is -0.384. The summed E-state index contributed by atoms with van der Waals surface area (Å²) in [5.74, 6) is 0.615. The summed E-state index contributed by atoms with van der Waals surface area (Å²) < 4.78 is 0. The van der Waals surface area contributed by atoms with Gasteiger partial charge in [-0.2, -0.15) is 0 Å². The topological polar surface area (TPSA) is 55.2 Å². The van der Waals surface area contributed by atoms with Gasteiger partial charge in [0.2, 0.25) is 0 Å². The smallest absolute Gasteiger partial charge is 0.271 e. The first-order valence-electron chi connectivity index (χ1n) is 5.18. The number of benzene rings is 1. The van der Waals surface area contributed by atoms with Crippen molar-refractivity contribution >= 4 is 23.0 Å². The van der Waals surface area contributed by atoms with Gasteiger partial charge in [0.05, 0.1) is 15.6 Å². The number of nitrogens with one attached hydrogen (secondary N) is 1. The third-order valence-electron chi connectivity index (χ3n) is 2.20. The van der Waals surface area contributed by atoms with Crippen molar-refractivity contribution in [2.75, 3.05) is 11.9 Å². The van der Waals surface area contributed by atoms with Crippen LogP contribution in [0.2, 0.25) is 5.02 Å². The molecule has 0 amide bonds. The van der Waals surface area contributed by atoms with Crippen molar-refractivity contribution in [1.82, 2.24) is 0 Å². The number of nitrogens with zero attached hydrogens (tertiary/aromatic N) is 1. The van der Waals surface area contributed by atoms with Crippen molar-refractivity contribution < 1.29 is 4.92 Å². The molecule has 0 heterocycles. The Kier molecular flexibility index (Phi) is 4.55. The predicted molar refractivity (Wildman–Crippen MR) is 66.1 cm³/mol. The van der Waals surface area contributed by atoms with Gasteiger partial charge in [0.15, 0.2) is 0 Å². The molecule has 0 spiro atoms. The summed E-state index contributed by atoms with van der Waals surface area (Å²) in [6.07, 6.45) is 1.04. The molecule has 16 heavy (non-hydrogen) atoms. The van der Waals surface area contributed by atoms with Gasteiger partial charge in [-0.05, 0) is 18.4 Å². The summed E-state index contributed by atoms with van der Waals surface area (Å²) >= 11 is 5.92. The van der Waals surface area contributed by atoms with Crippen LogP contribution in [0.4, 0.5) is 11.4 Å². The molecule has 0 saturated carbocycles. The zero-order valence-electron chi connectivity index (χ0n) is 9.37. The first-order chi connectivity index (χ1) is 7.50. The highest BCUT2D eigenvalue weighted by atomic mass is 35.5. The molecule has 0 fully saturated rings. The van der Waals surface area contributed by atoms with Gasteiger partial charge in [0, 0.05) is 18.7 Å². The maximum atomic E-state index is 10.5. The van der Waals surface area contributed by atoms with E-state index in [1.165, 1.54) is 12.1 Å². The van der Waals surface area contributed by atoms with E-state index >= 15 is 0 Å². The van der Waals surface area contributed by atoms with Gasteiger partial charge in [-0.1, -0.05) is 25.4 Å². The van der Waals surface area contributed by atoms with Crippen LogP contribution in [0.3, 0.4) is 0 Å². The second-order valence-corrected chi connectivity index (χ2v) is 4.44. The Labute approximate surface area is 99.8 Å². The molecule has 0 aliphatic heterocycles. The molecule has 1 N–H and O–H groups in total. The van der Waals surface area contributed by atoms with E-state index in [0.717, 1.165) is 18.7 Å². The van der Waals surface area contributed by atoms with Gasteiger partial charge < -0.3 is 5.32 Å². The molecule has 0 saturated heterocycles. The summed E-state index contributed by atoms with van der Waals surface area (Å²) in [5, 5.41) is 14.0. The fraction of sp³-hybridized carbons (Fsp3) is 0.455. The van der Waals surface area contributed by atoms with Gasteiger partial charge in [0.1, 0.15) is 0 Å². The van der Waals surface area contributed by atoms with Crippen LogP contribution in [0, 0.1) is 16.0 Å². The minimum atomic E-state index is -0.455. The van der Waals surface area contributed by atoms with Crippen molar-refractivity contribution in [3.8, 4) is 0 Å². The Morgan fingerprint density at radius 2 is 2.19 bits per heavy atom. The highest BCUT2D eigenvalue weighted by Gasteiger charge is 2.08. The van der Waals surface area contributed by atoms with Crippen LogP contribution in [0.15, 0.2) is 18.2 Å². The Balaban J connectivity index is 2.64. The van der Waals surface area contributed by atoms with E-state index < -0.39 is 4.92 Å². The first kappa shape index (κ1) is 12.8. The molecule has 0 aliphatic carbocycles. The third-order valence-corrected chi connectivity index (χ3v) is 2.51. The maximum Gasteiger partial charge on any atom is 0.271 e. The Hall–Kier alpha value is -1.29. The van der Waals surface area contributed by atoms with Gasteiger partial charge >= 0.3 is 0 Å². The Morgan fingerprint density at radius 1 is 1.50 bits per heavy atom. The van der Waals surface area contributed by atoms with Crippen molar-refractivity contribution in [1.29, 1.82) is 0 Å². The number of hydrogen-bond donors (Lipinski definition) is 1. The second kappa shape index (κ2) is 5.70. The highest BCUT2D eigenvalue weighted by Crippen LogP contribution is 2.26. The number of non-ortho nitro benzene ring substituents is 1. The lowest BCUT2D eigenvalue weighted by Gasteiger charge is -2.09. The lowest BCUT2D eigenvalue weighted by Crippen LogP contribution is -2.05. The number of nitro groups is 1. The predicted octanol–water partition coefficient (Wildman–Crippen LogP) is 3.71. The van der Waals surface area contributed by atoms with Crippen LogP contribution in [0.5, 0.6) is 0 Å². The summed E-state index contributed by atoms with van der Waals surface area (Å²) in [6.45, 7) is 5.09. The molecule has 88 valence electrons. The monoisotopic (exact) mass is 242 g/mol. The van der Waals surface area contributed by atoms with E-state index in [-0.39, 0.29) is 5.69 Å². The fourth-order valence-corrected chi connectivity index (χ4v) is 1.50. The van der Waals surface area contributed by atoms with E-state index in [9.17, 15) is 10.1 Å². The van der Waals surface area contributed by atoms with Crippen LogP contribution in [-0.2, 0) is 0 Å². The van der Waals surface area contributed by atoms with Crippen molar-refractivity contribution in [3.05, 3.63) is 33.3 Å². The van der Waals surface area contributed by atoms with Crippen LogP contribution >= 0.6 is 11.6 Å². The number of anilines is 1. The lowest BCUT2D eigenvalue weighted by atomic mass is 10.1. The van der Waals surface area contributed by atoms with Gasteiger partial charge in [-0.15, -0.1) is 0 Å². The minimum Gasteiger partial charge on any atom is -0.384 e. The molecule has 1 rings (SSSR count). The summed E-state index contributed by atoms with van der Waals surface area (Å²) in [5.41, 5.74) is 0.757. The van der Waals surface area contributed by atoms with Gasteiger partial charge in [-0.3, -0.25) is 10.1 Å². The van der Waals surface area contributed by atoms with E-state index in [4.69, 9.17) is 11.6 Å². The molecule has 4 nitrogen and oxygen atoms in total. The molecule has 0 atom stereocenters. The summed E-state index contributed by atoms with van der Waals surface area (Å²) in [6, 6.07) is 4.45. The molecule has 0 bridgehead atoms. The third kappa shape index (κ3) is 3.70. The quantitative estimate of drug-likeness (QED) is 0.633. The van der Waals surface area contributed by atoms with E-state index in [1.54, 1.807) is 6.07 Å². The number of nitro benzene ring substituents is 1. The van der Waals surface area contributed by atoms with Crippen molar-refractivity contribution in [2.45, 2.75) is 20.3 Å². The average molecular weight is 243 g/mol. The van der Waals surface area contributed by atoms with Crippen LogP contribution < -0.4 is 5.32 Å². The molecule has 0 aromatic heterocycles. The summed E-state index contributed by atoms with van der Waals surface area (Å²) in [7, 11) is 0. The normalized spacial score (nSPS) is 10.5. The van der Waals surface area contributed by atoms with Crippen molar-refractivity contribution in [2.24, 2.45) is 5.92 Å². The Morgan fingerprint density at radius 3 is 2.69 bits per heavy atom. The zero-order chi connectivity index (χ0) is 12.1. The van der Waals surface area contributed by atoms with Crippen molar-refractivity contribution in [3.63, 3.8) is 0 Å². The average Bonchev–Trinajstić information content (AvgIpc) is 2.19. The number of rotatable bonds is 5. The molecule has 0 aliphatic rings. The van der Waals surface area contributed by atoms with E-state index in [2.05, 4.69) is 19.2 Å². The number of halogens is 1. The zero-order valence-corrected chi connectivity index (χ0v) is 10.1. The molecular weight excluding hydrogens is 228 g/mol. The second-order valence-electron chi connectivity index (χ2n) is 4.03. The Bertz CT molecular complexity index is 380. The SMILES string of the molecule is CC(C)CCNc1ccc([N+](=O)[O-])cc1Cl. The largest absolute Gasteiger partial charge is 0.384 e. The molecular formula is C11H15ClN2O2. The molecule has 5 heteroatoms. The first-order valence-corrected chi connectivity index (χ1v) is 5.56. The number of hydrogen-bond acceptors (Lipinski definition) is 3. The minimum absolute atomic E-state index is 0.0133. The fourth-order valence-electron chi connectivity index (χ4n) is 1.26. The van der Waals surface area contributed by atoms with Crippen LogP contribution in [0.1, 0.15) is 20.3 Å². The van der Waals surface area contributed by atoms with Crippen LogP contribution in [-0.4, -0.2) is 11.5 Å². The molecule has 0 radical (unpaired) electrons. The maximum absolute atomic E-state index is 10.5. The molecule has 1 aromatic rings. The standard InChI is InChI=1S/C11H15ClN2O2/c1-8(2)5-6-13-11-4-3-9(14(15)16)7-10(11)12/h3-4,7-8,13H,5-6H2,1-2H3. The molecule has 1 aromatic carbocycles. The highest BCUT2D eigenvalue weighted by molar-refractivity contribution is 6.33. The van der Waals surface area contributed by atoms with E-state index in [1.807, 2.05) is 0 Å². The summed E-state index contributed by atoms with van der Waals surface area (Å²) in [4.78, 5) is 10.0. The van der Waals surface area contributed by atoms with Gasteiger partial charge in [-0.25, -0.2) is 0 Å². The van der Waals surface area contributed by atoms with Gasteiger partial charge in [0.25, 0.3) is 5.69 Å².